The van der Waals surface area contributed by atoms with Gasteiger partial charge in [-0.2, -0.15) is 5.10 Å². The van der Waals surface area contributed by atoms with E-state index in [-0.39, 0.29) is 11.8 Å². The number of anilines is 1. The van der Waals surface area contributed by atoms with E-state index < -0.39 is 0 Å². The van der Waals surface area contributed by atoms with E-state index >= 15 is 0 Å². The highest BCUT2D eigenvalue weighted by molar-refractivity contribution is 5.41. The van der Waals surface area contributed by atoms with Gasteiger partial charge in [0.15, 0.2) is 0 Å². The number of hydrogen-bond donors (Lipinski definition) is 3. The Morgan fingerprint density at radius 3 is 2.67 bits per heavy atom. The van der Waals surface area contributed by atoms with Crippen LogP contribution in [-0.2, 0) is 0 Å². The number of aromatic amines is 1. The van der Waals surface area contributed by atoms with E-state index in [0.29, 0.717) is 0 Å². The minimum Gasteiger partial charge on any atom is -0.508 e. The first-order valence-electron chi connectivity index (χ1n) is 4.80. The highest BCUT2D eigenvalue weighted by atomic mass is 16.3. The summed E-state index contributed by atoms with van der Waals surface area (Å²) in [4.78, 5) is 0. The van der Waals surface area contributed by atoms with Gasteiger partial charge in [-0.15, -0.1) is 0 Å². The third kappa shape index (κ3) is 2.28. The third-order valence-electron chi connectivity index (χ3n) is 2.27. The molecule has 4 nitrogen and oxygen atoms in total. The lowest BCUT2D eigenvalue weighted by atomic mass is 10.1. The Bertz CT molecular complexity index is 408. The lowest BCUT2D eigenvalue weighted by Gasteiger charge is -2.13. The van der Waals surface area contributed by atoms with Crippen molar-refractivity contribution in [1.82, 2.24) is 10.2 Å². The summed E-state index contributed by atoms with van der Waals surface area (Å²) in [6.07, 6.45) is 3.54. The number of nitrogens with one attached hydrogen (secondary N) is 2. The molecule has 0 aliphatic carbocycles. The van der Waals surface area contributed by atoms with Crippen LogP contribution in [0.3, 0.4) is 0 Å². The van der Waals surface area contributed by atoms with Crippen LogP contribution in [-0.4, -0.2) is 15.3 Å². The molecule has 1 aromatic heterocycles. The second-order valence-electron chi connectivity index (χ2n) is 3.44. The first-order chi connectivity index (χ1) is 7.25. The van der Waals surface area contributed by atoms with Gasteiger partial charge in [-0.05, 0) is 24.6 Å². The zero-order valence-electron chi connectivity index (χ0n) is 8.44. The van der Waals surface area contributed by atoms with Gasteiger partial charge in [0.2, 0.25) is 0 Å². The second kappa shape index (κ2) is 4.04. The van der Waals surface area contributed by atoms with Crippen molar-refractivity contribution in [2.75, 3.05) is 5.32 Å². The summed E-state index contributed by atoms with van der Waals surface area (Å²) in [6.45, 7) is 2.05. The predicted molar refractivity (Wildman–Crippen MR) is 58.7 cm³/mol. The summed E-state index contributed by atoms with van der Waals surface area (Å²) >= 11 is 0. The zero-order valence-corrected chi connectivity index (χ0v) is 8.44. The first kappa shape index (κ1) is 9.58. The van der Waals surface area contributed by atoms with E-state index in [1.807, 2.05) is 12.1 Å². The molecule has 1 heterocycles. The van der Waals surface area contributed by atoms with E-state index in [4.69, 9.17) is 5.11 Å². The van der Waals surface area contributed by atoms with Gasteiger partial charge in [0.05, 0.1) is 11.9 Å². The Labute approximate surface area is 88.0 Å². The minimum absolute atomic E-state index is 0.184. The molecule has 3 N–H and O–H groups in total. The molecule has 0 saturated heterocycles. The maximum Gasteiger partial charge on any atom is 0.115 e. The van der Waals surface area contributed by atoms with E-state index in [2.05, 4.69) is 22.4 Å². The van der Waals surface area contributed by atoms with E-state index in [1.54, 1.807) is 24.5 Å². The summed E-state index contributed by atoms with van der Waals surface area (Å²) in [7, 11) is 0. The maximum absolute atomic E-state index is 9.16. The fraction of sp³-hybridized carbons (Fsp3) is 0.182. The van der Waals surface area contributed by atoms with Crippen molar-refractivity contribution in [3.05, 3.63) is 42.2 Å². The Balaban J connectivity index is 2.08. The van der Waals surface area contributed by atoms with Crippen molar-refractivity contribution in [2.45, 2.75) is 13.0 Å². The number of benzene rings is 1. The van der Waals surface area contributed by atoms with Gasteiger partial charge >= 0.3 is 0 Å². The van der Waals surface area contributed by atoms with Crippen LogP contribution in [0.15, 0.2) is 36.7 Å². The molecule has 0 aliphatic rings. The largest absolute Gasteiger partial charge is 0.508 e. The Kier molecular flexibility index (Phi) is 2.58. The molecule has 15 heavy (non-hydrogen) atoms. The van der Waals surface area contributed by atoms with E-state index in [0.717, 1.165) is 11.3 Å². The van der Waals surface area contributed by atoms with E-state index in [1.165, 1.54) is 0 Å². The highest BCUT2D eigenvalue weighted by Gasteiger charge is 2.05. The van der Waals surface area contributed by atoms with Gasteiger partial charge < -0.3 is 10.4 Å². The third-order valence-corrected chi connectivity index (χ3v) is 2.27. The van der Waals surface area contributed by atoms with Crippen molar-refractivity contribution < 1.29 is 5.11 Å². The molecular weight excluding hydrogens is 190 g/mol. The number of hydrogen-bond acceptors (Lipinski definition) is 3. The van der Waals surface area contributed by atoms with Crippen LogP contribution >= 0.6 is 0 Å². The molecule has 2 rings (SSSR count). The predicted octanol–water partition coefficient (Wildman–Crippen LogP) is 2.29. The van der Waals surface area contributed by atoms with Crippen LogP contribution in [0, 0.1) is 0 Å². The normalized spacial score (nSPS) is 12.3. The molecule has 0 unspecified atom stereocenters. The molecule has 2 aromatic rings. The number of phenols is 1. The van der Waals surface area contributed by atoms with Crippen molar-refractivity contribution >= 4 is 5.69 Å². The Hall–Kier alpha value is -1.97. The number of aromatic nitrogens is 2. The molecule has 0 amide bonds. The van der Waals surface area contributed by atoms with Gasteiger partial charge in [-0.3, -0.25) is 5.10 Å². The molecule has 78 valence electrons. The quantitative estimate of drug-likeness (QED) is 0.717. The molecule has 0 saturated carbocycles. The molecule has 0 bridgehead atoms. The second-order valence-corrected chi connectivity index (χ2v) is 3.44. The zero-order chi connectivity index (χ0) is 10.7. The standard InChI is InChI=1S/C11H13N3O/c1-8(14-10-6-12-13-7-10)9-2-4-11(15)5-3-9/h2-8,14-15H,1H3,(H,12,13)/t8-/m1/s1. The summed E-state index contributed by atoms with van der Waals surface area (Å²) in [5.74, 6) is 0.286. The molecule has 0 aliphatic heterocycles. The first-order valence-corrected chi connectivity index (χ1v) is 4.80. The average molecular weight is 203 g/mol. The monoisotopic (exact) mass is 203 g/mol. The summed E-state index contributed by atoms with van der Waals surface area (Å²) in [6, 6.07) is 7.34. The molecule has 1 atom stereocenters. The van der Waals surface area contributed by atoms with Crippen LogP contribution in [0.1, 0.15) is 18.5 Å². The highest BCUT2D eigenvalue weighted by Crippen LogP contribution is 2.20. The summed E-state index contributed by atoms with van der Waals surface area (Å²) < 4.78 is 0. The lowest BCUT2D eigenvalue weighted by molar-refractivity contribution is 0.475. The Morgan fingerprint density at radius 2 is 2.07 bits per heavy atom. The summed E-state index contributed by atoms with van der Waals surface area (Å²) in [5.41, 5.74) is 2.07. The van der Waals surface area contributed by atoms with Gasteiger partial charge in [0.25, 0.3) is 0 Å². The van der Waals surface area contributed by atoms with Crippen molar-refractivity contribution in [3.63, 3.8) is 0 Å². The van der Waals surface area contributed by atoms with Crippen LogP contribution in [0.4, 0.5) is 5.69 Å². The fourth-order valence-corrected chi connectivity index (χ4v) is 1.43. The van der Waals surface area contributed by atoms with Crippen LogP contribution in [0.25, 0.3) is 0 Å². The SMILES string of the molecule is C[C@@H](Nc1cn[nH]c1)c1ccc(O)cc1. The average Bonchev–Trinajstić information content (AvgIpc) is 2.71. The molecule has 0 spiro atoms. The van der Waals surface area contributed by atoms with Crippen LogP contribution in [0.2, 0.25) is 0 Å². The number of rotatable bonds is 3. The Morgan fingerprint density at radius 1 is 1.33 bits per heavy atom. The van der Waals surface area contributed by atoms with E-state index in [9.17, 15) is 0 Å². The van der Waals surface area contributed by atoms with Crippen LogP contribution in [0.5, 0.6) is 5.75 Å². The van der Waals surface area contributed by atoms with Gasteiger partial charge in [-0.25, -0.2) is 0 Å². The molecular formula is C11H13N3O. The van der Waals surface area contributed by atoms with Crippen molar-refractivity contribution in [2.24, 2.45) is 0 Å². The maximum atomic E-state index is 9.16. The van der Waals surface area contributed by atoms with Crippen LogP contribution < -0.4 is 5.32 Å². The number of phenolic OH excluding ortho intramolecular Hbond substituents is 1. The van der Waals surface area contributed by atoms with Gasteiger partial charge in [-0.1, -0.05) is 12.1 Å². The lowest BCUT2D eigenvalue weighted by Crippen LogP contribution is -2.05. The van der Waals surface area contributed by atoms with Gasteiger partial charge in [0, 0.05) is 12.2 Å². The van der Waals surface area contributed by atoms with Gasteiger partial charge in [0.1, 0.15) is 5.75 Å². The number of aromatic hydroxyl groups is 1. The van der Waals surface area contributed by atoms with Crippen molar-refractivity contribution in [1.29, 1.82) is 0 Å². The summed E-state index contributed by atoms with van der Waals surface area (Å²) in [5, 5.41) is 19.0. The molecule has 0 fully saturated rings. The number of H-pyrrole nitrogens is 1. The number of nitrogens with zero attached hydrogens (tertiary/aromatic N) is 1. The molecule has 0 radical (unpaired) electrons. The molecule has 4 heteroatoms. The van der Waals surface area contributed by atoms with Crippen molar-refractivity contribution in [3.8, 4) is 5.75 Å². The smallest absolute Gasteiger partial charge is 0.115 e. The molecule has 1 aromatic carbocycles. The minimum atomic E-state index is 0.184. The topological polar surface area (TPSA) is 60.9 Å². The fourth-order valence-electron chi connectivity index (χ4n) is 1.43.